The number of rotatable bonds is 2. The van der Waals surface area contributed by atoms with E-state index in [4.69, 9.17) is 10.8 Å². The van der Waals surface area contributed by atoms with Gasteiger partial charge in [-0.3, -0.25) is 0 Å². The Hall–Kier alpha value is -0.600. The molecule has 0 bridgehead atoms. The normalized spacial score (nSPS) is 21.1. The summed E-state index contributed by atoms with van der Waals surface area (Å²) in [6.07, 6.45) is 8.19. The molecule has 0 aromatic heterocycles. The Bertz CT molecular complexity index is 137. The van der Waals surface area contributed by atoms with Crippen molar-refractivity contribution in [2.45, 2.75) is 12.0 Å². The van der Waals surface area contributed by atoms with Crippen LogP contribution in [0.2, 0.25) is 0 Å². The second kappa shape index (κ2) is 2.33. The zero-order chi connectivity index (χ0) is 6.74. The molecule has 2 nitrogen and oxygen atoms in total. The molecule has 0 unspecified atom stereocenters. The van der Waals surface area contributed by atoms with E-state index >= 15 is 0 Å². The molecule has 0 atom stereocenters. The fourth-order valence-corrected chi connectivity index (χ4v) is 0.885. The van der Waals surface area contributed by atoms with Crippen molar-refractivity contribution in [1.29, 1.82) is 0 Å². The van der Waals surface area contributed by atoms with Gasteiger partial charge < -0.3 is 10.8 Å². The Kier molecular flexibility index (Phi) is 1.69. The van der Waals surface area contributed by atoms with E-state index < -0.39 is 0 Å². The molecule has 0 amide bonds. The lowest BCUT2D eigenvalue weighted by molar-refractivity contribution is 0.271. The third-order valence-corrected chi connectivity index (χ3v) is 1.47. The van der Waals surface area contributed by atoms with E-state index in [2.05, 4.69) is 0 Å². The molecule has 1 aliphatic carbocycles. The van der Waals surface area contributed by atoms with E-state index in [1.165, 1.54) is 0 Å². The second-order valence-corrected chi connectivity index (χ2v) is 2.30. The first-order valence-electron chi connectivity index (χ1n) is 3.04. The molecule has 0 radical (unpaired) electrons. The zero-order valence-electron chi connectivity index (χ0n) is 5.25. The summed E-state index contributed by atoms with van der Waals surface area (Å²) in [7, 11) is 0. The van der Waals surface area contributed by atoms with Crippen molar-refractivity contribution in [1.82, 2.24) is 0 Å². The van der Waals surface area contributed by atoms with Crippen LogP contribution in [0, 0.1) is 0 Å². The van der Waals surface area contributed by atoms with Crippen LogP contribution in [0.25, 0.3) is 0 Å². The van der Waals surface area contributed by atoms with E-state index in [1.54, 1.807) is 0 Å². The highest BCUT2D eigenvalue weighted by Crippen LogP contribution is 2.14. The molecule has 0 saturated heterocycles. The van der Waals surface area contributed by atoms with Crippen LogP contribution in [0.4, 0.5) is 0 Å². The molecule has 1 rings (SSSR count). The maximum Gasteiger partial charge on any atom is 0.0553 e. The molecular formula is C7H11NO. The monoisotopic (exact) mass is 125 g/mol. The number of hydrogen-bond donors (Lipinski definition) is 2. The van der Waals surface area contributed by atoms with Crippen LogP contribution in [-0.4, -0.2) is 17.3 Å². The Morgan fingerprint density at radius 2 is 1.89 bits per heavy atom. The van der Waals surface area contributed by atoms with Gasteiger partial charge in [0.25, 0.3) is 0 Å². The molecule has 0 aliphatic heterocycles. The van der Waals surface area contributed by atoms with Gasteiger partial charge in [0.15, 0.2) is 0 Å². The van der Waals surface area contributed by atoms with Crippen LogP contribution in [0.5, 0.6) is 0 Å². The van der Waals surface area contributed by atoms with Crippen molar-refractivity contribution in [3.8, 4) is 0 Å². The van der Waals surface area contributed by atoms with Gasteiger partial charge in [0.2, 0.25) is 0 Å². The van der Waals surface area contributed by atoms with Crippen LogP contribution in [0.3, 0.4) is 0 Å². The molecule has 9 heavy (non-hydrogen) atoms. The summed E-state index contributed by atoms with van der Waals surface area (Å²) < 4.78 is 0. The van der Waals surface area contributed by atoms with Gasteiger partial charge in [-0.1, -0.05) is 24.3 Å². The van der Waals surface area contributed by atoms with Gasteiger partial charge in [-0.15, -0.1) is 0 Å². The SMILES string of the molecule is NC1(CCO)C=CC=C1. The molecule has 1 aliphatic rings. The molecule has 2 heteroatoms. The van der Waals surface area contributed by atoms with E-state index in [0.29, 0.717) is 6.42 Å². The fraction of sp³-hybridized carbons (Fsp3) is 0.429. The van der Waals surface area contributed by atoms with Gasteiger partial charge in [0.05, 0.1) is 5.54 Å². The Labute approximate surface area is 54.7 Å². The molecular weight excluding hydrogens is 114 g/mol. The van der Waals surface area contributed by atoms with E-state index in [1.807, 2.05) is 24.3 Å². The van der Waals surface area contributed by atoms with Gasteiger partial charge in [-0.2, -0.15) is 0 Å². The predicted molar refractivity (Wildman–Crippen MR) is 36.9 cm³/mol. The van der Waals surface area contributed by atoms with Crippen molar-refractivity contribution in [3.05, 3.63) is 24.3 Å². The van der Waals surface area contributed by atoms with Crippen molar-refractivity contribution in [2.24, 2.45) is 5.73 Å². The van der Waals surface area contributed by atoms with Crippen LogP contribution in [0.15, 0.2) is 24.3 Å². The largest absolute Gasteiger partial charge is 0.396 e. The lowest BCUT2D eigenvalue weighted by Crippen LogP contribution is -2.34. The smallest absolute Gasteiger partial charge is 0.0553 e. The molecule has 0 saturated carbocycles. The Balaban J connectivity index is 2.53. The average Bonchev–Trinajstić information content (AvgIpc) is 2.16. The standard InChI is InChI=1S/C7H11NO/c8-7(5-6-9)3-1-2-4-7/h1-4,9H,5-6,8H2. The van der Waals surface area contributed by atoms with E-state index in [-0.39, 0.29) is 12.1 Å². The summed E-state index contributed by atoms with van der Waals surface area (Å²) >= 11 is 0. The molecule has 0 aromatic carbocycles. The molecule has 0 aromatic rings. The topological polar surface area (TPSA) is 46.2 Å². The second-order valence-electron chi connectivity index (χ2n) is 2.30. The van der Waals surface area contributed by atoms with Gasteiger partial charge in [0, 0.05) is 6.61 Å². The molecule has 0 spiro atoms. The first kappa shape index (κ1) is 6.52. The minimum absolute atomic E-state index is 0.144. The quantitative estimate of drug-likeness (QED) is 0.553. The third kappa shape index (κ3) is 1.40. The van der Waals surface area contributed by atoms with Crippen LogP contribution < -0.4 is 5.73 Å². The highest BCUT2D eigenvalue weighted by molar-refractivity contribution is 5.28. The van der Waals surface area contributed by atoms with Crippen molar-refractivity contribution < 1.29 is 5.11 Å². The highest BCUT2D eigenvalue weighted by Gasteiger charge is 2.18. The highest BCUT2D eigenvalue weighted by atomic mass is 16.3. The predicted octanol–water partition coefficient (Wildman–Crippen LogP) is 0.192. The molecule has 3 N–H and O–H groups in total. The summed E-state index contributed by atoms with van der Waals surface area (Å²) in [5.41, 5.74) is 5.37. The van der Waals surface area contributed by atoms with Crippen LogP contribution >= 0.6 is 0 Å². The summed E-state index contributed by atoms with van der Waals surface area (Å²) in [5.74, 6) is 0. The minimum atomic E-state index is -0.366. The maximum atomic E-state index is 8.54. The van der Waals surface area contributed by atoms with Gasteiger partial charge in [-0.05, 0) is 6.42 Å². The Morgan fingerprint density at radius 1 is 1.33 bits per heavy atom. The summed E-state index contributed by atoms with van der Waals surface area (Å²) in [6.45, 7) is 0.144. The van der Waals surface area contributed by atoms with Crippen LogP contribution in [0.1, 0.15) is 6.42 Å². The summed E-state index contributed by atoms with van der Waals surface area (Å²) in [6, 6.07) is 0. The maximum absolute atomic E-state index is 8.54. The number of aliphatic hydroxyl groups excluding tert-OH is 1. The van der Waals surface area contributed by atoms with E-state index in [0.717, 1.165) is 0 Å². The first-order chi connectivity index (χ1) is 4.27. The number of allylic oxidation sites excluding steroid dienone is 2. The lowest BCUT2D eigenvalue weighted by atomic mass is 10.00. The third-order valence-electron chi connectivity index (χ3n) is 1.47. The minimum Gasteiger partial charge on any atom is -0.396 e. The van der Waals surface area contributed by atoms with Crippen molar-refractivity contribution in [2.75, 3.05) is 6.61 Å². The molecule has 50 valence electrons. The number of nitrogens with two attached hydrogens (primary N) is 1. The van der Waals surface area contributed by atoms with Gasteiger partial charge in [-0.25, -0.2) is 0 Å². The van der Waals surface area contributed by atoms with Crippen LogP contribution in [-0.2, 0) is 0 Å². The van der Waals surface area contributed by atoms with Crippen molar-refractivity contribution in [3.63, 3.8) is 0 Å². The van der Waals surface area contributed by atoms with Crippen molar-refractivity contribution >= 4 is 0 Å². The number of hydrogen-bond acceptors (Lipinski definition) is 2. The zero-order valence-corrected chi connectivity index (χ0v) is 5.25. The lowest BCUT2D eigenvalue weighted by Gasteiger charge is -2.16. The van der Waals surface area contributed by atoms with E-state index in [9.17, 15) is 0 Å². The average molecular weight is 125 g/mol. The van der Waals surface area contributed by atoms with Gasteiger partial charge in [0.1, 0.15) is 0 Å². The molecule has 0 fully saturated rings. The number of aliphatic hydroxyl groups is 1. The molecule has 0 heterocycles. The summed E-state index contributed by atoms with van der Waals surface area (Å²) in [5, 5.41) is 8.54. The Morgan fingerprint density at radius 3 is 2.33 bits per heavy atom. The fourth-order valence-electron chi connectivity index (χ4n) is 0.885. The first-order valence-corrected chi connectivity index (χ1v) is 3.04. The van der Waals surface area contributed by atoms with Gasteiger partial charge >= 0.3 is 0 Å². The summed E-state index contributed by atoms with van der Waals surface area (Å²) in [4.78, 5) is 0.